The van der Waals surface area contributed by atoms with Crippen molar-refractivity contribution in [2.75, 3.05) is 13.1 Å². The van der Waals surface area contributed by atoms with Gasteiger partial charge in [0, 0.05) is 19.5 Å². The molecule has 25 heteroatoms. The highest BCUT2D eigenvalue weighted by molar-refractivity contribution is 5.99. The summed E-state index contributed by atoms with van der Waals surface area (Å²) in [6.45, 7) is 7.21. The second-order valence-corrected chi connectivity index (χ2v) is 18.0. The van der Waals surface area contributed by atoms with Crippen LogP contribution in [0.1, 0.15) is 91.5 Å². The minimum Gasteiger partial charge on any atom is -0.481 e. The van der Waals surface area contributed by atoms with E-state index in [0.29, 0.717) is 12.8 Å². The number of amides is 8. The highest BCUT2D eigenvalue weighted by Crippen LogP contribution is 2.22. The van der Waals surface area contributed by atoms with E-state index in [9.17, 15) is 73.2 Å². The van der Waals surface area contributed by atoms with E-state index in [2.05, 4.69) is 31.9 Å². The highest BCUT2D eigenvalue weighted by atomic mass is 16.4. The Bertz CT molecular complexity index is 2070. The maximum atomic E-state index is 14.2. The van der Waals surface area contributed by atoms with Crippen LogP contribution in [-0.4, -0.2) is 180 Å². The van der Waals surface area contributed by atoms with Crippen LogP contribution in [-0.2, 0) is 59.2 Å². The molecule has 11 atom stereocenters. The third-order valence-corrected chi connectivity index (χ3v) is 11.8. The van der Waals surface area contributed by atoms with Gasteiger partial charge in [-0.05, 0) is 77.2 Å². The summed E-state index contributed by atoms with van der Waals surface area (Å²) < 4.78 is 0. The van der Waals surface area contributed by atoms with E-state index in [-0.39, 0.29) is 44.7 Å². The number of aliphatic hydroxyl groups is 2. The van der Waals surface area contributed by atoms with Crippen molar-refractivity contribution in [3.05, 3.63) is 35.9 Å². The van der Waals surface area contributed by atoms with Gasteiger partial charge in [-0.1, -0.05) is 44.2 Å². The van der Waals surface area contributed by atoms with E-state index >= 15 is 0 Å². The summed E-state index contributed by atoms with van der Waals surface area (Å²) in [4.78, 5) is 145. The molecule has 70 heavy (non-hydrogen) atoms. The Morgan fingerprint density at radius 3 is 1.61 bits per heavy atom. The Balaban J connectivity index is 1.71. The molecule has 1 aromatic rings. The number of rotatable bonds is 26. The fourth-order valence-corrected chi connectivity index (χ4v) is 8.09. The third kappa shape index (κ3) is 17.0. The lowest BCUT2D eigenvalue weighted by molar-refractivity contribution is -0.144. The first kappa shape index (κ1) is 57.6. The first-order valence-corrected chi connectivity index (χ1v) is 23.1. The summed E-state index contributed by atoms with van der Waals surface area (Å²) in [7, 11) is 0. The van der Waals surface area contributed by atoms with Gasteiger partial charge in [0.15, 0.2) is 0 Å². The number of nitrogens with two attached hydrogens (primary N) is 1. The van der Waals surface area contributed by atoms with E-state index < -0.39 is 151 Å². The number of likely N-dealkylation sites (tertiary alicyclic amines) is 2. The summed E-state index contributed by atoms with van der Waals surface area (Å²) in [6.07, 6.45) is -4.01. The second kappa shape index (κ2) is 26.9. The van der Waals surface area contributed by atoms with Crippen molar-refractivity contribution in [3.8, 4) is 0 Å². The number of aliphatic carboxylic acids is 3. The van der Waals surface area contributed by atoms with Crippen molar-refractivity contribution in [1.29, 1.82) is 0 Å². The molecule has 2 heterocycles. The number of carboxylic acids is 3. The average Bonchev–Trinajstić information content (AvgIpc) is 3.98. The second-order valence-electron chi connectivity index (χ2n) is 18.0. The molecule has 25 nitrogen and oxygen atoms in total. The topological polar surface area (TPSA) is 394 Å². The monoisotopic (exact) mass is 989 g/mol. The number of nitrogens with one attached hydrogen (secondary N) is 6. The van der Waals surface area contributed by atoms with Crippen molar-refractivity contribution in [1.82, 2.24) is 41.7 Å². The zero-order valence-electron chi connectivity index (χ0n) is 39.8. The molecule has 0 spiro atoms. The van der Waals surface area contributed by atoms with E-state index in [4.69, 9.17) is 10.8 Å². The Morgan fingerprint density at radius 1 is 0.614 bits per heavy atom. The zero-order chi connectivity index (χ0) is 52.6. The molecule has 0 bridgehead atoms. The number of nitrogens with zero attached hydrogens (tertiary/aromatic N) is 2. The molecule has 0 saturated carbocycles. The number of carbonyl (C=O) groups is 11. The van der Waals surface area contributed by atoms with Gasteiger partial charge in [0.2, 0.25) is 47.3 Å². The van der Waals surface area contributed by atoms with Crippen molar-refractivity contribution in [2.24, 2.45) is 11.7 Å². The molecule has 388 valence electrons. The maximum Gasteiger partial charge on any atom is 0.326 e. The van der Waals surface area contributed by atoms with Crippen LogP contribution in [0, 0.1) is 5.92 Å². The van der Waals surface area contributed by atoms with E-state index in [1.807, 2.05) is 6.07 Å². The largest absolute Gasteiger partial charge is 0.481 e. The Kier molecular flexibility index (Phi) is 22.1. The molecule has 2 aliphatic heterocycles. The van der Waals surface area contributed by atoms with Crippen LogP contribution in [0.2, 0.25) is 0 Å². The van der Waals surface area contributed by atoms with Gasteiger partial charge < -0.3 is 73.0 Å². The van der Waals surface area contributed by atoms with Crippen LogP contribution in [0.3, 0.4) is 0 Å². The molecule has 8 amide bonds. The minimum atomic E-state index is -1.85. The number of carboxylic acid groups (broad SMARTS) is 3. The molecule has 0 aliphatic carbocycles. The predicted molar refractivity (Wildman–Crippen MR) is 244 cm³/mol. The number of hydrogen-bond acceptors (Lipinski definition) is 14. The van der Waals surface area contributed by atoms with Crippen LogP contribution in [0.15, 0.2) is 30.3 Å². The van der Waals surface area contributed by atoms with Gasteiger partial charge in [0.05, 0.1) is 24.7 Å². The lowest BCUT2D eigenvalue weighted by Crippen LogP contribution is -2.61. The van der Waals surface area contributed by atoms with Crippen molar-refractivity contribution in [3.63, 3.8) is 0 Å². The third-order valence-electron chi connectivity index (χ3n) is 11.8. The Labute approximate surface area is 404 Å². The molecule has 3 rings (SSSR count). The van der Waals surface area contributed by atoms with Gasteiger partial charge in [0.1, 0.15) is 48.3 Å². The summed E-state index contributed by atoms with van der Waals surface area (Å²) in [5.41, 5.74) is 7.03. The van der Waals surface area contributed by atoms with Gasteiger partial charge >= 0.3 is 17.9 Å². The van der Waals surface area contributed by atoms with Gasteiger partial charge in [-0.3, -0.25) is 47.9 Å². The van der Waals surface area contributed by atoms with Crippen LogP contribution in [0.4, 0.5) is 0 Å². The van der Waals surface area contributed by atoms with Crippen LogP contribution < -0.4 is 37.6 Å². The maximum absolute atomic E-state index is 14.2. The molecule has 0 radical (unpaired) electrons. The Hall–Kier alpha value is -6.73. The van der Waals surface area contributed by atoms with Crippen molar-refractivity contribution in [2.45, 2.75) is 159 Å². The molecule has 2 fully saturated rings. The quantitative estimate of drug-likeness (QED) is 0.0433. The number of carbonyl (C=O) groups excluding carboxylic acids is 8. The van der Waals surface area contributed by atoms with E-state index in [1.165, 1.54) is 18.7 Å². The smallest absolute Gasteiger partial charge is 0.326 e. The zero-order valence-corrected chi connectivity index (χ0v) is 39.8. The SMILES string of the molecule is CC(C)C[C@H](NC(=O)[C@H](CC(=O)O)NC(=O)[C@@H](NC(=O)[C@@H]1CCCN1C(=O)[C@@H](N)Cc1ccccc1)[C@@H](C)O)C(=O)N1CCC[C@H]1C(=O)N[C@@H](C)C(=O)N[C@H](C(=O)N[C@@H](CCC(=O)O)C(=O)O)[C@@H](C)O. The number of hydrogen-bond donors (Lipinski definition) is 12. The minimum absolute atomic E-state index is 0.0207. The standard InChI is InChI=1S/C45H67N9O16/c1-22(2)19-30(44(68)54-18-10-13-31(54)39(63)47-23(3)37(61)51-35(24(4)55)41(65)48-28(45(69)70)15-16-33(57)58)50-38(62)29(21-34(59)60)49-42(66)36(25(5)56)52-40(64)32-14-9-17-53(32)43(67)27(46)20-26-11-7-6-8-12-26/h6-8,11-12,22-25,27-32,35-36,55-56H,9-10,13-21,46H2,1-5H3,(H,47,63)(H,48,65)(H,49,66)(H,50,62)(H,51,61)(H,52,64)(H,57,58)(H,59,60)(H,69,70)/t23-,24+,25+,27-,28-,29-,30-,31-,32-,35-,36-/m0/s1. The summed E-state index contributed by atoms with van der Waals surface area (Å²) in [6, 6.07) is -3.97. The highest BCUT2D eigenvalue weighted by Gasteiger charge is 2.42. The fraction of sp³-hybridized carbons (Fsp3) is 0.622. The molecule has 1 aromatic carbocycles. The van der Waals surface area contributed by atoms with Crippen LogP contribution in [0.25, 0.3) is 0 Å². The van der Waals surface area contributed by atoms with Gasteiger partial charge in [-0.25, -0.2) is 4.79 Å². The molecule has 0 unspecified atom stereocenters. The normalized spacial score (nSPS) is 19.4. The average molecular weight is 990 g/mol. The van der Waals surface area contributed by atoms with Crippen molar-refractivity contribution < 1.29 is 78.3 Å². The summed E-state index contributed by atoms with van der Waals surface area (Å²) in [5.74, 6) is -12.0. The molecule has 13 N–H and O–H groups in total. The molecule has 2 aliphatic rings. The van der Waals surface area contributed by atoms with Gasteiger partial charge in [-0.2, -0.15) is 0 Å². The molecular formula is C45H67N9O16. The van der Waals surface area contributed by atoms with Gasteiger partial charge in [-0.15, -0.1) is 0 Å². The Morgan fingerprint density at radius 2 is 1.11 bits per heavy atom. The van der Waals surface area contributed by atoms with Crippen molar-refractivity contribution >= 4 is 65.2 Å². The first-order chi connectivity index (χ1) is 32.8. The lowest BCUT2D eigenvalue weighted by Gasteiger charge is -2.31. The number of benzene rings is 1. The van der Waals surface area contributed by atoms with Crippen LogP contribution >= 0.6 is 0 Å². The summed E-state index contributed by atoms with van der Waals surface area (Å²) >= 11 is 0. The fourth-order valence-electron chi connectivity index (χ4n) is 8.09. The van der Waals surface area contributed by atoms with E-state index in [0.717, 1.165) is 17.4 Å². The molecular weight excluding hydrogens is 923 g/mol. The molecule has 2 saturated heterocycles. The predicted octanol–water partition coefficient (Wildman–Crippen LogP) is -3.30. The van der Waals surface area contributed by atoms with Gasteiger partial charge in [0.25, 0.3) is 0 Å². The lowest BCUT2D eigenvalue weighted by atomic mass is 10.0. The molecule has 0 aromatic heterocycles. The van der Waals surface area contributed by atoms with Crippen LogP contribution in [0.5, 0.6) is 0 Å². The van der Waals surface area contributed by atoms with E-state index in [1.54, 1.807) is 38.1 Å². The number of aliphatic hydroxyl groups excluding tert-OH is 2. The summed E-state index contributed by atoms with van der Waals surface area (Å²) in [5, 5.41) is 62.9. The first-order valence-electron chi connectivity index (χ1n) is 23.1.